The molecule has 1 aromatic rings. The monoisotopic (exact) mass is 251 g/mol. The molecule has 0 spiro atoms. The first-order valence-corrected chi connectivity index (χ1v) is 6.58. The van der Waals surface area contributed by atoms with Gasteiger partial charge in [-0.2, -0.15) is 0 Å². The van der Waals surface area contributed by atoms with Crippen LogP contribution in [0, 0.1) is 5.82 Å². The van der Waals surface area contributed by atoms with Gasteiger partial charge in [-0.15, -0.1) is 0 Å². The van der Waals surface area contributed by atoms with E-state index in [9.17, 15) is 4.39 Å². The van der Waals surface area contributed by atoms with Crippen LogP contribution in [0.25, 0.3) is 0 Å². The Labute approximate surface area is 106 Å². The van der Waals surface area contributed by atoms with Gasteiger partial charge in [-0.1, -0.05) is 6.42 Å². The summed E-state index contributed by atoms with van der Waals surface area (Å²) in [4.78, 5) is 0. The molecule has 2 heterocycles. The Bertz CT molecular complexity index is 430. The lowest BCUT2D eigenvalue weighted by molar-refractivity contribution is -0.0166. The fraction of sp³-hybridized carbons (Fsp3) is 0.571. The van der Waals surface area contributed by atoms with Crippen LogP contribution in [0.15, 0.2) is 12.1 Å². The van der Waals surface area contributed by atoms with Crippen LogP contribution in [0.5, 0.6) is 5.75 Å². The van der Waals surface area contributed by atoms with E-state index in [2.05, 4.69) is 5.32 Å². The molecule has 4 heteroatoms. The lowest BCUT2D eigenvalue weighted by Gasteiger charge is -2.25. The number of piperidine rings is 1. The molecule has 3 nitrogen and oxygen atoms in total. The molecule has 3 rings (SSSR count). The van der Waals surface area contributed by atoms with Crippen molar-refractivity contribution in [3.63, 3.8) is 0 Å². The van der Waals surface area contributed by atoms with Crippen LogP contribution in [0.4, 0.5) is 4.39 Å². The number of rotatable bonds is 2. The van der Waals surface area contributed by atoms with E-state index in [0.717, 1.165) is 36.3 Å². The second-order valence-electron chi connectivity index (χ2n) is 5.01. The zero-order chi connectivity index (χ0) is 12.4. The maximum Gasteiger partial charge on any atom is 0.189 e. The van der Waals surface area contributed by atoms with Crippen molar-refractivity contribution in [1.29, 1.82) is 0 Å². The first kappa shape index (κ1) is 11.9. The molecular formula is C14H18FNO2. The third-order valence-electron chi connectivity index (χ3n) is 3.66. The fourth-order valence-corrected chi connectivity index (χ4v) is 2.66. The number of hydrogen-bond acceptors (Lipinski definition) is 3. The second-order valence-corrected chi connectivity index (χ2v) is 5.01. The van der Waals surface area contributed by atoms with Gasteiger partial charge in [-0.05, 0) is 43.5 Å². The molecule has 0 aliphatic carbocycles. The van der Waals surface area contributed by atoms with Gasteiger partial charge in [0.05, 0.1) is 6.61 Å². The number of hydrogen-bond donors (Lipinski definition) is 1. The molecule has 0 aromatic heterocycles. The first-order valence-electron chi connectivity index (χ1n) is 6.58. The van der Waals surface area contributed by atoms with Crippen molar-refractivity contribution in [2.45, 2.75) is 38.3 Å². The Morgan fingerprint density at radius 1 is 1.33 bits per heavy atom. The van der Waals surface area contributed by atoms with Crippen LogP contribution in [-0.4, -0.2) is 19.4 Å². The Kier molecular flexibility index (Phi) is 3.48. The number of benzene rings is 1. The Morgan fingerprint density at radius 2 is 2.28 bits per heavy atom. The average Bonchev–Trinajstić information content (AvgIpc) is 2.41. The normalized spacial score (nSPS) is 23.3. The number of halogens is 1. The SMILES string of the molecule is Fc1cc2c(cc1CC1CCCCN1)OCOC2. The summed E-state index contributed by atoms with van der Waals surface area (Å²) in [5, 5.41) is 3.44. The van der Waals surface area contributed by atoms with Crippen LogP contribution >= 0.6 is 0 Å². The maximum atomic E-state index is 14.0. The van der Waals surface area contributed by atoms with Crippen LogP contribution in [0.2, 0.25) is 0 Å². The summed E-state index contributed by atoms with van der Waals surface area (Å²) in [7, 11) is 0. The molecule has 1 atom stereocenters. The predicted molar refractivity (Wildman–Crippen MR) is 66.0 cm³/mol. The smallest absolute Gasteiger partial charge is 0.189 e. The highest BCUT2D eigenvalue weighted by Crippen LogP contribution is 2.28. The molecular weight excluding hydrogens is 233 g/mol. The van der Waals surface area contributed by atoms with Gasteiger partial charge in [-0.3, -0.25) is 0 Å². The first-order chi connectivity index (χ1) is 8.83. The highest BCUT2D eigenvalue weighted by Gasteiger charge is 2.19. The van der Waals surface area contributed by atoms with Crippen LogP contribution in [0.3, 0.4) is 0 Å². The van der Waals surface area contributed by atoms with Gasteiger partial charge in [0.25, 0.3) is 0 Å². The molecule has 0 radical (unpaired) electrons. The summed E-state index contributed by atoms with van der Waals surface area (Å²) in [6.45, 7) is 1.75. The van der Waals surface area contributed by atoms with E-state index in [1.807, 2.05) is 6.07 Å². The molecule has 1 saturated heterocycles. The second kappa shape index (κ2) is 5.24. The van der Waals surface area contributed by atoms with E-state index in [1.165, 1.54) is 12.8 Å². The number of fused-ring (bicyclic) bond motifs is 1. The molecule has 1 N–H and O–H groups in total. The predicted octanol–water partition coefficient (Wildman–Crippen LogP) is 2.38. The zero-order valence-electron chi connectivity index (χ0n) is 10.4. The van der Waals surface area contributed by atoms with Crippen LogP contribution in [0.1, 0.15) is 30.4 Å². The molecule has 1 fully saturated rings. The van der Waals surface area contributed by atoms with Gasteiger partial charge in [0.2, 0.25) is 0 Å². The highest BCUT2D eigenvalue weighted by atomic mass is 19.1. The van der Waals surface area contributed by atoms with Gasteiger partial charge in [0, 0.05) is 11.6 Å². The summed E-state index contributed by atoms with van der Waals surface area (Å²) < 4.78 is 24.5. The summed E-state index contributed by atoms with van der Waals surface area (Å²) in [6, 6.07) is 3.78. The lowest BCUT2D eigenvalue weighted by atomic mass is 9.96. The Hall–Kier alpha value is -1.13. The van der Waals surface area contributed by atoms with E-state index < -0.39 is 0 Å². The minimum atomic E-state index is -0.143. The fourth-order valence-electron chi connectivity index (χ4n) is 2.66. The van der Waals surface area contributed by atoms with Crippen molar-refractivity contribution in [1.82, 2.24) is 5.32 Å². The third kappa shape index (κ3) is 2.49. The Balaban J connectivity index is 1.78. The molecule has 2 aliphatic heterocycles. The molecule has 18 heavy (non-hydrogen) atoms. The minimum Gasteiger partial charge on any atom is -0.467 e. The van der Waals surface area contributed by atoms with Crippen molar-refractivity contribution in [3.8, 4) is 5.75 Å². The highest BCUT2D eigenvalue weighted by molar-refractivity contribution is 5.39. The third-order valence-corrected chi connectivity index (χ3v) is 3.66. The van der Waals surface area contributed by atoms with Crippen molar-refractivity contribution >= 4 is 0 Å². The summed E-state index contributed by atoms with van der Waals surface area (Å²) in [5.74, 6) is 0.628. The molecule has 98 valence electrons. The quantitative estimate of drug-likeness (QED) is 0.875. The molecule has 1 aromatic carbocycles. The van der Waals surface area contributed by atoms with E-state index in [0.29, 0.717) is 12.6 Å². The van der Waals surface area contributed by atoms with Crippen molar-refractivity contribution in [3.05, 3.63) is 29.1 Å². The molecule has 1 unspecified atom stereocenters. The number of nitrogens with one attached hydrogen (secondary N) is 1. The summed E-state index contributed by atoms with van der Waals surface area (Å²) >= 11 is 0. The standard InChI is InChI=1S/C14H18FNO2/c15-13-6-11-8-17-9-18-14(11)7-10(13)5-12-3-1-2-4-16-12/h6-7,12,16H,1-5,8-9H2. The van der Waals surface area contributed by atoms with E-state index in [-0.39, 0.29) is 12.6 Å². The topological polar surface area (TPSA) is 30.5 Å². The van der Waals surface area contributed by atoms with E-state index in [4.69, 9.17) is 9.47 Å². The lowest BCUT2D eigenvalue weighted by Crippen LogP contribution is -2.35. The van der Waals surface area contributed by atoms with Crippen molar-refractivity contribution < 1.29 is 13.9 Å². The van der Waals surface area contributed by atoms with Gasteiger partial charge < -0.3 is 14.8 Å². The van der Waals surface area contributed by atoms with E-state index in [1.54, 1.807) is 6.07 Å². The van der Waals surface area contributed by atoms with Crippen LogP contribution < -0.4 is 10.1 Å². The van der Waals surface area contributed by atoms with Crippen LogP contribution in [-0.2, 0) is 17.8 Å². The van der Waals surface area contributed by atoms with Gasteiger partial charge in [0.15, 0.2) is 6.79 Å². The zero-order valence-corrected chi connectivity index (χ0v) is 10.4. The molecule has 0 saturated carbocycles. The average molecular weight is 251 g/mol. The van der Waals surface area contributed by atoms with Crippen molar-refractivity contribution in [2.75, 3.05) is 13.3 Å². The Morgan fingerprint density at radius 3 is 3.11 bits per heavy atom. The van der Waals surface area contributed by atoms with Gasteiger partial charge >= 0.3 is 0 Å². The van der Waals surface area contributed by atoms with Gasteiger partial charge in [-0.25, -0.2) is 4.39 Å². The minimum absolute atomic E-state index is 0.143. The van der Waals surface area contributed by atoms with Gasteiger partial charge in [0.1, 0.15) is 11.6 Å². The van der Waals surface area contributed by atoms with E-state index >= 15 is 0 Å². The maximum absolute atomic E-state index is 14.0. The molecule has 2 aliphatic rings. The molecule has 0 amide bonds. The van der Waals surface area contributed by atoms with Crippen molar-refractivity contribution in [2.24, 2.45) is 0 Å². The molecule has 0 bridgehead atoms. The number of ether oxygens (including phenoxy) is 2. The summed E-state index contributed by atoms with van der Waals surface area (Å²) in [5.41, 5.74) is 1.55. The largest absolute Gasteiger partial charge is 0.467 e. The summed E-state index contributed by atoms with van der Waals surface area (Å²) in [6.07, 6.45) is 4.32.